The molecule has 1 N–H and O–H groups in total. The minimum Gasteiger partial charge on any atom is -0.476 e. The molecule has 7 heteroatoms. The molecule has 2 fully saturated rings. The lowest BCUT2D eigenvalue weighted by molar-refractivity contribution is -0.0288. The normalized spacial score (nSPS) is 21.9. The summed E-state index contributed by atoms with van der Waals surface area (Å²) in [6.45, 7) is 10.5. The van der Waals surface area contributed by atoms with Crippen molar-refractivity contribution in [1.29, 1.82) is 0 Å². The molecule has 3 aliphatic rings. The maximum atomic E-state index is 6.59. The lowest BCUT2D eigenvalue weighted by atomic mass is 9.53. The molecule has 3 aromatic rings. The van der Waals surface area contributed by atoms with Gasteiger partial charge in [-0.2, -0.15) is 4.98 Å². The van der Waals surface area contributed by atoms with Crippen molar-refractivity contribution >= 4 is 25.7 Å². The Kier molecular flexibility index (Phi) is 6.72. The Labute approximate surface area is 232 Å². The van der Waals surface area contributed by atoms with E-state index in [1.807, 2.05) is 6.07 Å². The Morgan fingerprint density at radius 2 is 1.82 bits per heavy atom. The fourth-order valence-electron chi connectivity index (χ4n) is 6.97. The van der Waals surface area contributed by atoms with Crippen LogP contribution in [0.5, 0.6) is 5.88 Å². The van der Waals surface area contributed by atoms with Gasteiger partial charge in [0.25, 0.3) is 0 Å². The molecule has 6 rings (SSSR count). The maximum absolute atomic E-state index is 6.59. The maximum Gasteiger partial charge on any atom is 0.237 e. The number of aryl methyl sites for hydroxylation is 2. The average Bonchev–Trinajstić information content (AvgIpc) is 3.63. The summed E-state index contributed by atoms with van der Waals surface area (Å²) in [5, 5.41) is 0. The van der Waals surface area contributed by atoms with Crippen molar-refractivity contribution in [1.82, 2.24) is 14.9 Å². The summed E-state index contributed by atoms with van der Waals surface area (Å²) in [5.74, 6) is 1.79. The van der Waals surface area contributed by atoms with Crippen LogP contribution in [-0.2, 0) is 6.54 Å². The molecule has 0 amide bonds. The zero-order chi connectivity index (χ0) is 26.5. The highest BCUT2D eigenvalue weighted by Gasteiger charge is 2.61. The Morgan fingerprint density at radius 1 is 1.08 bits per heavy atom. The number of nitrogens with zero attached hydrogens (tertiary/aromatic N) is 3. The van der Waals surface area contributed by atoms with Gasteiger partial charge in [0.05, 0.1) is 5.69 Å². The van der Waals surface area contributed by atoms with Crippen molar-refractivity contribution in [2.24, 2.45) is 11.3 Å². The summed E-state index contributed by atoms with van der Waals surface area (Å²) in [4.78, 5) is 13.7. The summed E-state index contributed by atoms with van der Waals surface area (Å²) in [5.41, 5.74) is 6.65. The van der Waals surface area contributed by atoms with Gasteiger partial charge in [-0.05, 0) is 103 Å². The van der Waals surface area contributed by atoms with E-state index in [1.54, 1.807) is 11.9 Å². The Balaban J connectivity index is 1.40. The molecule has 0 saturated heterocycles. The second kappa shape index (κ2) is 9.91. The van der Waals surface area contributed by atoms with Gasteiger partial charge in [0.15, 0.2) is 0 Å². The van der Waals surface area contributed by atoms with E-state index in [9.17, 15) is 0 Å². The molecular formula is C31H39BN4OS. The first-order valence-corrected chi connectivity index (χ1v) is 14.9. The molecule has 198 valence electrons. The molecule has 4 bridgehead atoms. The van der Waals surface area contributed by atoms with E-state index in [1.165, 1.54) is 47.3 Å². The molecule has 1 unspecified atom stereocenters. The van der Waals surface area contributed by atoms with Crippen molar-refractivity contribution in [3.63, 3.8) is 0 Å². The average molecular weight is 527 g/mol. The van der Waals surface area contributed by atoms with Gasteiger partial charge in [-0.1, -0.05) is 44.2 Å². The van der Waals surface area contributed by atoms with Gasteiger partial charge >= 0.3 is 0 Å². The topological polar surface area (TPSA) is 50.3 Å². The Morgan fingerprint density at radius 3 is 2.53 bits per heavy atom. The van der Waals surface area contributed by atoms with Crippen molar-refractivity contribution in [3.05, 3.63) is 65.2 Å². The largest absolute Gasteiger partial charge is 0.476 e. The number of aromatic nitrogens is 2. The quantitative estimate of drug-likeness (QED) is 0.314. The summed E-state index contributed by atoms with van der Waals surface area (Å²) >= 11 is 1.57. The van der Waals surface area contributed by atoms with Gasteiger partial charge in [-0.15, -0.1) is 0 Å². The first kappa shape index (κ1) is 25.8. The molecule has 2 heterocycles. The van der Waals surface area contributed by atoms with Crippen LogP contribution in [0, 0.1) is 25.2 Å². The molecule has 38 heavy (non-hydrogen) atoms. The molecule has 1 aliphatic heterocycles. The monoisotopic (exact) mass is 526 g/mol. The number of anilines is 1. The van der Waals surface area contributed by atoms with Crippen LogP contribution in [-0.4, -0.2) is 40.8 Å². The van der Waals surface area contributed by atoms with E-state index in [0.29, 0.717) is 35.8 Å². The molecule has 1 spiro atoms. The number of benzene rings is 2. The lowest BCUT2D eigenvalue weighted by Crippen LogP contribution is -2.62. The van der Waals surface area contributed by atoms with Crippen molar-refractivity contribution in [3.8, 4) is 17.1 Å². The second-order valence-corrected chi connectivity index (χ2v) is 13.5. The predicted octanol–water partition coefficient (Wildman–Crippen LogP) is 6.39. The summed E-state index contributed by atoms with van der Waals surface area (Å²) in [6, 6.07) is 17.6. The van der Waals surface area contributed by atoms with Crippen LogP contribution in [0.2, 0.25) is 0 Å². The van der Waals surface area contributed by atoms with Crippen LogP contribution in [0.3, 0.4) is 0 Å². The van der Waals surface area contributed by atoms with E-state index >= 15 is 0 Å². The standard InChI is InChI=1S/C31H39BN4OS/c1-20(2)13-24-17-37-27-15-26(28-21(3)7-5-8-22(28)4)33-29(34-27)35-38-25-10-6-9-23(14-25)16-36(24)31(32)18-30(19-31)11-12-30/h5-10,14-15,20,24H,11-13,16-19,32H2,1-4H3,(H,33,34,35). The number of rotatable bonds is 4. The Hall–Kier alpha value is -2.51. The first-order chi connectivity index (χ1) is 18.2. The number of ether oxygens (including phenoxy) is 1. The van der Waals surface area contributed by atoms with E-state index in [2.05, 4.69) is 87.6 Å². The smallest absolute Gasteiger partial charge is 0.237 e. The third kappa shape index (κ3) is 5.20. The van der Waals surface area contributed by atoms with E-state index in [0.717, 1.165) is 24.2 Å². The minimum atomic E-state index is 0.210. The van der Waals surface area contributed by atoms with Gasteiger partial charge in [-0.3, -0.25) is 9.62 Å². The van der Waals surface area contributed by atoms with Gasteiger partial charge in [-0.25, -0.2) is 4.98 Å². The highest BCUT2D eigenvalue weighted by atomic mass is 32.2. The van der Waals surface area contributed by atoms with E-state index in [-0.39, 0.29) is 5.44 Å². The zero-order valence-electron chi connectivity index (χ0n) is 23.4. The highest BCUT2D eigenvalue weighted by Crippen LogP contribution is 2.66. The second-order valence-electron chi connectivity index (χ2n) is 12.6. The molecule has 1 atom stereocenters. The lowest BCUT2D eigenvalue weighted by Gasteiger charge is -2.56. The molecule has 2 saturated carbocycles. The summed E-state index contributed by atoms with van der Waals surface area (Å²) in [7, 11) is 2.49. The van der Waals surface area contributed by atoms with E-state index < -0.39 is 0 Å². The van der Waals surface area contributed by atoms with Gasteiger partial charge in [0, 0.05) is 29.1 Å². The molecule has 1 aromatic heterocycles. The number of fused-ring (bicyclic) bond motifs is 4. The van der Waals surface area contributed by atoms with Crippen LogP contribution < -0.4 is 9.46 Å². The highest BCUT2D eigenvalue weighted by molar-refractivity contribution is 8.00. The van der Waals surface area contributed by atoms with Gasteiger partial charge < -0.3 is 4.74 Å². The number of nitrogens with one attached hydrogen (secondary N) is 1. The Bertz CT molecular complexity index is 1310. The van der Waals surface area contributed by atoms with Crippen LogP contribution in [0.4, 0.5) is 5.95 Å². The molecule has 5 nitrogen and oxygen atoms in total. The first-order valence-electron chi connectivity index (χ1n) is 14.1. The van der Waals surface area contributed by atoms with Crippen molar-refractivity contribution < 1.29 is 4.74 Å². The van der Waals surface area contributed by atoms with Gasteiger partial charge in [0.1, 0.15) is 14.5 Å². The fourth-order valence-corrected chi connectivity index (χ4v) is 7.63. The van der Waals surface area contributed by atoms with Crippen LogP contribution >= 0.6 is 11.9 Å². The number of hydrogen-bond acceptors (Lipinski definition) is 6. The van der Waals surface area contributed by atoms with Crippen molar-refractivity contribution in [2.75, 3.05) is 11.3 Å². The SMILES string of the molecule is BC1(N2Cc3cccc(c3)SNc3nc(cc(-c4c(C)cccc4C)n3)OCC2CC(C)C)CC2(CC2)C1. The predicted molar refractivity (Wildman–Crippen MR) is 159 cm³/mol. The molecule has 2 aromatic carbocycles. The molecule has 0 radical (unpaired) electrons. The molecular weight excluding hydrogens is 487 g/mol. The van der Waals surface area contributed by atoms with Crippen LogP contribution in [0.1, 0.15) is 62.6 Å². The number of hydrogen-bond donors (Lipinski definition) is 1. The fraction of sp³-hybridized carbons (Fsp3) is 0.484. The third-order valence-corrected chi connectivity index (χ3v) is 9.50. The van der Waals surface area contributed by atoms with Crippen molar-refractivity contribution in [2.45, 2.75) is 82.7 Å². The molecule has 2 aliphatic carbocycles. The van der Waals surface area contributed by atoms with Crippen LogP contribution in [0.15, 0.2) is 53.4 Å². The summed E-state index contributed by atoms with van der Waals surface area (Å²) < 4.78 is 10.0. The summed E-state index contributed by atoms with van der Waals surface area (Å²) in [6.07, 6.45) is 6.52. The van der Waals surface area contributed by atoms with E-state index in [4.69, 9.17) is 14.7 Å². The third-order valence-electron chi connectivity index (χ3n) is 8.72. The minimum absolute atomic E-state index is 0.210. The van der Waals surface area contributed by atoms with Gasteiger partial charge in [0.2, 0.25) is 11.8 Å². The zero-order valence-corrected chi connectivity index (χ0v) is 24.2. The van der Waals surface area contributed by atoms with Crippen LogP contribution in [0.25, 0.3) is 11.3 Å².